The van der Waals surface area contributed by atoms with E-state index in [-0.39, 0.29) is 10.8 Å². The molecule has 1 aromatic heterocycles. The molecule has 0 radical (unpaired) electrons. The Morgan fingerprint density at radius 1 is 1.00 bits per heavy atom. The van der Waals surface area contributed by atoms with E-state index in [1.54, 1.807) is 38.2 Å². The largest absolute Gasteiger partial charge is 0.368 e. The summed E-state index contributed by atoms with van der Waals surface area (Å²) in [5.74, 6) is -0.301. The second-order valence-electron chi connectivity index (χ2n) is 8.53. The van der Waals surface area contributed by atoms with Gasteiger partial charge in [-0.25, -0.2) is 5.06 Å². The lowest BCUT2D eigenvalue weighted by Crippen LogP contribution is -2.25. The van der Waals surface area contributed by atoms with Crippen molar-refractivity contribution in [1.29, 1.82) is 0 Å². The summed E-state index contributed by atoms with van der Waals surface area (Å²) >= 11 is 7.48. The zero-order chi connectivity index (χ0) is 26.6. The lowest BCUT2D eigenvalue weighted by atomic mass is 9.97. The van der Waals surface area contributed by atoms with E-state index in [1.165, 1.54) is 42.0 Å². The highest BCUT2D eigenvalue weighted by Crippen LogP contribution is 2.44. The molecular formula is C25H29ClN4O4S2. The van der Waals surface area contributed by atoms with Crippen LogP contribution in [0.2, 0.25) is 5.02 Å². The van der Waals surface area contributed by atoms with Crippen LogP contribution in [0.3, 0.4) is 0 Å². The Kier molecular flexibility index (Phi) is 8.91. The highest BCUT2D eigenvalue weighted by molar-refractivity contribution is 7.90. The first-order valence-corrected chi connectivity index (χ1v) is 13.5. The van der Waals surface area contributed by atoms with Crippen LogP contribution in [0.4, 0.5) is 0 Å². The van der Waals surface area contributed by atoms with E-state index in [9.17, 15) is 13.2 Å². The van der Waals surface area contributed by atoms with Gasteiger partial charge in [-0.3, -0.25) is 9.63 Å². The van der Waals surface area contributed by atoms with Crippen molar-refractivity contribution in [2.75, 3.05) is 42.3 Å². The fraction of sp³-hybridized carbons (Fsp3) is 0.280. The van der Waals surface area contributed by atoms with Crippen molar-refractivity contribution < 1.29 is 18.0 Å². The van der Waals surface area contributed by atoms with Gasteiger partial charge in [-0.1, -0.05) is 35.9 Å². The van der Waals surface area contributed by atoms with Crippen LogP contribution in [0.25, 0.3) is 21.6 Å². The minimum absolute atomic E-state index is 0.0635. The molecule has 3 aromatic rings. The molecule has 0 fully saturated rings. The molecule has 8 nitrogen and oxygen atoms in total. The SMILES string of the molecule is CON(C)C(=O)c1sc(-c2ccc(Cl)cc2)c(CN(C)C)c1-c1ccc(S(=O)(=O)/N=C\N(C)C)cc1. The predicted octanol–water partition coefficient (Wildman–Crippen LogP) is 4.71. The van der Waals surface area contributed by atoms with Gasteiger partial charge in [0.15, 0.2) is 0 Å². The molecule has 0 unspecified atom stereocenters. The van der Waals surface area contributed by atoms with Gasteiger partial charge in [0, 0.05) is 43.2 Å². The van der Waals surface area contributed by atoms with E-state index < -0.39 is 10.0 Å². The van der Waals surface area contributed by atoms with Crippen molar-refractivity contribution >= 4 is 45.2 Å². The number of carbonyl (C=O) groups is 1. The molecule has 192 valence electrons. The summed E-state index contributed by atoms with van der Waals surface area (Å²) < 4.78 is 28.9. The number of halogens is 1. The average Bonchev–Trinajstić information content (AvgIpc) is 3.20. The number of carbonyl (C=O) groups excluding carboxylic acids is 1. The fourth-order valence-corrected chi connectivity index (χ4v) is 5.81. The number of sulfonamides is 1. The Labute approximate surface area is 221 Å². The van der Waals surface area contributed by atoms with Crippen molar-refractivity contribution in [3.05, 3.63) is 64.0 Å². The van der Waals surface area contributed by atoms with Gasteiger partial charge in [0.1, 0.15) is 11.2 Å². The molecule has 0 N–H and O–H groups in total. The van der Waals surface area contributed by atoms with E-state index in [1.807, 2.05) is 43.3 Å². The fourth-order valence-electron chi connectivity index (χ4n) is 3.46. The van der Waals surface area contributed by atoms with Gasteiger partial charge < -0.3 is 9.80 Å². The molecule has 0 aliphatic rings. The molecule has 0 atom stereocenters. The molecule has 0 bridgehead atoms. The van der Waals surface area contributed by atoms with Crippen molar-refractivity contribution in [3.8, 4) is 21.6 Å². The number of hydrogen-bond donors (Lipinski definition) is 0. The zero-order valence-electron chi connectivity index (χ0n) is 21.0. The number of benzene rings is 2. The van der Waals surface area contributed by atoms with Gasteiger partial charge in [-0.2, -0.15) is 8.42 Å². The zero-order valence-corrected chi connectivity index (χ0v) is 23.4. The summed E-state index contributed by atoms with van der Waals surface area (Å²) in [6.45, 7) is 0.556. The van der Waals surface area contributed by atoms with Gasteiger partial charge >= 0.3 is 0 Å². The van der Waals surface area contributed by atoms with Crippen LogP contribution in [-0.4, -0.2) is 77.9 Å². The van der Waals surface area contributed by atoms with Gasteiger partial charge in [0.2, 0.25) is 0 Å². The smallest absolute Gasteiger partial charge is 0.287 e. The molecule has 0 saturated heterocycles. The summed E-state index contributed by atoms with van der Waals surface area (Å²) in [5.41, 5.74) is 3.32. The highest BCUT2D eigenvalue weighted by Gasteiger charge is 2.27. The Balaban J connectivity index is 2.23. The van der Waals surface area contributed by atoms with E-state index in [4.69, 9.17) is 16.4 Å². The van der Waals surface area contributed by atoms with E-state index >= 15 is 0 Å². The molecule has 11 heteroatoms. The standard InChI is InChI=1S/C25H29ClN4O4S2/c1-28(2)15-21-22(17-9-13-20(14-10-17)36(32,33)27-16-29(3)4)24(25(31)30(5)34-6)35-23(21)18-7-11-19(26)12-8-18/h7-14,16H,15H2,1-6H3/b27-16-. The number of nitrogens with zero attached hydrogens (tertiary/aromatic N) is 4. The molecule has 36 heavy (non-hydrogen) atoms. The molecule has 3 rings (SSSR count). The third-order valence-electron chi connectivity index (χ3n) is 5.20. The Morgan fingerprint density at radius 2 is 1.58 bits per heavy atom. The summed E-state index contributed by atoms with van der Waals surface area (Å²) in [5, 5.41) is 1.80. The van der Waals surface area contributed by atoms with Crippen molar-refractivity contribution in [3.63, 3.8) is 0 Å². The van der Waals surface area contributed by atoms with E-state index in [2.05, 4.69) is 4.40 Å². The lowest BCUT2D eigenvalue weighted by molar-refractivity contribution is -0.0753. The predicted molar refractivity (Wildman–Crippen MR) is 146 cm³/mol. The van der Waals surface area contributed by atoms with Crippen LogP contribution in [0, 0.1) is 0 Å². The van der Waals surface area contributed by atoms with E-state index in [0.717, 1.165) is 21.6 Å². The van der Waals surface area contributed by atoms with Crippen LogP contribution >= 0.6 is 22.9 Å². The Hall–Kier alpha value is -2.76. The number of hydroxylamine groups is 2. The van der Waals surface area contributed by atoms with Crippen LogP contribution in [-0.2, 0) is 21.4 Å². The molecular weight excluding hydrogens is 520 g/mol. The van der Waals surface area contributed by atoms with Crippen LogP contribution in [0.5, 0.6) is 0 Å². The van der Waals surface area contributed by atoms with Crippen molar-refractivity contribution in [1.82, 2.24) is 14.9 Å². The molecule has 0 aliphatic carbocycles. The van der Waals surface area contributed by atoms with Gasteiger partial charge in [0.05, 0.1) is 12.0 Å². The second kappa shape index (κ2) is 11.5. The quantitative estimate of drug-likeness (QED) is 0.219. The van der Waals surface area contributed by atoms with Crippen LogP contribution in [0.1, 0.15) is 15.2 Å². The molecule has 2 aromatic carbocycles. The summed E-state index contributed by atoms with van der Waals surface area (Å²) in [6.07, 6.45) is 1.24. The van der Waals surface area contributed by atoms with E-state index in [0.29, 0.717) is 22.0 Å². The van der Waals surface area contributed by atoms with Gasteiger partial charge in [-0.05, 0) is 55.1 Å². The Morgan fingerprint density at radius 3 is 2.11 bits per heavy atom. The highest BCUT2D eigenvalue weighted by atomic mass is 35.5. The summed E-state index contributed by atoms with van der Waals surface area (Å²) in [4.78, 5) is 23.6. The van der Waals surface area contributed by atoms with Crippen LogP contribution < -0.4 is 0 Å². The maximum absolute atomic E-state index is 13.3. The second-order valence-corrected chi connectivity index (χ2v) is 11.6. The normalized spacial score (nSPS) is 11.9. The van der Waals surface area contributed by atoms with Gasteiger partial charge in [-0.15, -0.1) is 15.7 Å². The lowest BCUT2D eigenvalue weighted by Gasteiger charge is -2.16. The molecule has 1 amide bonds. The Bertz CT molecular complexity index is 1350. The number of thiophene rings is 1. The summed E-state index contributed by atoms with van der Waals surface area (Å²) in [7, 11) is 6.42. The third kappa shape index (κ3) is 6.32. The topological polar surface area (TPSA) is 82.5 Å². The first kappa shape index (κ1) is 27.8. The number of hydrogen-bond acceptors (Lipinski definition) is 6. The number of amides is 1. The minimum atomic E-state index is -3.85. The monoisotopic (exact) mass is 548 g/mol. The first-order chi connectivity index (χ1) is 16.9. The minimum Gasteiger partial charge on any atom is -0.368 e. The third-order valence-corrected chi connectivity index (χ3v) is 7.96. The van der Waals surface area contributed by atoms with Crippen LogP contribution in [0.15, 0.2) is 57.8 Å². The number of rotatable bonds is 9. The molecule has 0 spiro atoms. The molecule has 1 heterocycles. The maximum atomic E-state index is 13.3. The average molecular weight is 549 g/mol. The van der Waals surface area contributed by atoms with Crippen molar-refractivity contribution in [2.45, 2.75) is 11.4 Å². The van der Waals surface area contributed by atoms with Gasteiger partial charge in [0.25, 0.3) is 15.9 Å². The molecule has 0 saturated carbocycles. The summed E-state index contributed by atoms with van der Waals surface area (Å²) in [6, 6.07) is 13.9. The maximum Gasteiger partial charge on any atom is 0.287 e. The molecule has 0 aliphatic heterocycles. The first-order valence-electron chi connectivity index (χ1n) is 10.9. The van der Waals surface area contributed by atoms with Crippen molar-refractivity contribution in [2.24, 2.45) is 4.40 Å².